The van der Waals surface area contributed by atoms with Crippen LogP contribution in [0.5, 0.6) is 0 Å². The number of nitrogens with zero attached hydrogens (tertiary/aromatic N) is 3. The van der Waals surface area contributed by atoms with Gasteiger partial charge in [0.2, 0.25) is 5.91 Å². The molecule has 1 N–H and O–H groups in total. The van der Waals surface area contributed by atoms with Crippen molar-refractivity contribution in [1.82, 2.24) is 20.3 Å². The molecule has 0 aromatic carbocycles. The fraction of sp³-hybridized carbons (Fsp3) is 0.632. The lowest BCUT2D eigenvalue weighted by Gasteiger charge is -2.44. The quantitative estimate of drug-likeness (QED) is 0.683. The average molecular weight is 328 g/mol. The molecule has 0 unspecified atom stereocenters. The van der Waals surface area contributed by atoms with Gasteiger partial charge in [0.25, 0.3) is 0 Å². The van der Waals surface area contributed by atoms with Crippen molar-refractivity contribution in [3.05, 3.63) is 35.7 Å². The molecule has 2 aliphatic rings. The lowest BCUT2D eigenvalue weighted by Crippen LogP contribution is -2.38. The third kappa shape index (κ3) is 3.45. The molecular formula is C19H28N4O. The Morgan fingerprint density at radius 2 is 2.21 bits per heavy atom. The summed E-state index contributed by atoms with van der Waals surface area (Å²) in [5.41, 5.74) is 2.96. The van der Waals surface area contributed by atoms with Crippen molar-refractivity contribution < 1.29 is 4.79 Å². The van der Waals surface area contributed by atoms with Crippen molar-refractivity contribution >= 4 is 5.91 Å². The molecule has 1 aromatic rings. The maximum atomic E-state index is 12.6. The van der Waals surface area contributed by atoms with Crippen molar-refractivity contribution in [2.75, 3.05) is 0 Å². The van der Waals surface area contributed by atoms with Crippen molar-refractivity contribution in [3.63, 3.8) is 0 Å². The van der Waals surface area contributed by atoms with Crippen LogP contribution in [0.2, 0.25) is 0 Å². The van der Waals surface area contributed by atoms with Crippen molar-refractivity contribution in [2.45, 2.75) is 46.1 Å². The highest BCUT2D eigenvalue weighted by Crippen LogP contribution is 2.47. The van der Waals surface area contributed by atoms with E-state index in [4.69, 9.17) is 0 Å². The predicted molar refractivity (Wildman–Crippen MR) is 93.8 cm³/mol. The highest BCUT2D eigenvalue weighted by molar-refractivity contribution is 5.93. The molecule has 0 saturated heterocycles. The van der Waals surface area contributed by atoms with Gasteiger partial charge < -0.3 is 5.32 Å². The molecule has 1 aromatic heterocycles. The summed E-state index contributed by atoms with van der Waals surface area (Å²) < 4.78 is 1.64. The van der Waals surface area contributed by atoms with E-state index in [0.29, 0.717) is 18.4 Å². The van der Waals surface area contributed by atoms with Gasteiger partial charge in [0, 0.05) is 18.8 Å². The fourth-order valence-electron chi connectivity index (χ4n) is 4.39. The van der Waals surface area contributed by atoms with Gasteiger partial charge in [-0.05, 0) is 56.3 Å². The Bertz CT molecular complexity index is 660. The number of hydrogen-bond acceptors (Lipinski definition) is 3. The number of carbonyl (C=O) groups excluding carboxylic acids is 1. The second-order valence-electron chi connectivity index (χ2n) is 7.55. The molecule has 2 aliphatic carbocycles. The molecule has 24 heavy (non-hydrogen) atoms. The van der Waals surface area contributed by atoms with Crippen LogP contribution in [-0.2, 0) is 18.4 Å². The molecule has 4 atom stereocenters. The van der Waals surface area contributed by atoms with Gasteiger partial charge in [-0.1, -0.05) is 30.4 Å². The van der Waals surface area contributed by atoms with Crippen LogP contribution in [0.4, 0.5) is 0 Å². The topological polar surface area (TPSA) is 59.8 Å². The number of allylic oxidation sites excluding steroid dienone is 2. The van der Waals surface area contributed by atoms with E-state index in [1.807, 2.05) is 13.2 Å². The maximum absolute atomic E-state index is 12.6. The first-order chi connectivity index (χ1) is 11.5. The van der Waals surface area contributed by atoms with Crippen LogP contribution < -0.4 is 5.32 Å². The van der Waals surface area contributed by atoms with E-state index >= 15 is 0 Å². The van der Waals surface area contributed by atoms with E-state index in [1.54, 1.807) is 4.68 Å². The van der Waals surface area contributed by atoms with Gasteiger partial charge in [0.05, 0.1) is 6.54 Å². The van der Waals surface area contributed by atoms with E-state index in [-0.39, 0.29) is 11.8 Å². The molecule has 5 nitrogen and oxygen atoms in total. The Morgan fingerprint density at radius 1 is 1.42 bits per heavy atom. The minimum Gasteiger partial charge on any atom is -0.347 e. The largest absolute Gasteiger partial charge is 0.347 e. The molecular weight excluding hydrogens is 300 g/mol. The van der Waals surface area contributed by atoms with Crippen LogP contribution in [0.15, 0.2) is 30.0 Å². The van der Waals surface area contributed by atoms with Crippen LogP contribution in [-0.4, -0.2) is 20.9 Å². The van der Waals surface area contributed by atoms with E-state index in [9.17, 15) is 4.79 Å². The molecule has 130 valence electrons. The standard InChI is InChI=1S/C19H28N4O/c1-12-5-7-16-13(2)6-8-17(18(16)9-12)14(3)19(24)20-10-15-11-23(4)22-21-15/h9,11,13,16-18H,3,5-8,10H2,1-2,4H3,(H,20,24)/t13-,16+,17+,18+/m1/s1. The zero-order valence-corrected chi connectivity index (χ0v) is 15.0. The number of carbonyl (C=O) groups is 1. The Balaban J connectivity index is 1.66. The molecule has 0 aliphatic heterocycles. The Hall–Kier alpha value is -1.91. The van der Waals surface area contributed by atoms with Crippen molar-refractivity contribution in [1.29, 1.82) is 0 Å². The van der Waals surface area contributed by atoms with Gasteiger partial charge in [-0.2, -0.15) is 0 Å². The molecule has 1 heterocycles. The summed E-state index contributed by atoms with van der Waals surface area (Å²) >= 11 is 0. The Labute approximate surface area is 144 Å². The molecule has 0 spiro atoms. The smallest absolute Gasteiger partial charge is 0.247 e. The molecule has 0 bridgehead atoms. The zero-order chi connectivity index (χ0) is 17.3. The number of fused-ring (bicyclic) bond motifs is 1. The lowest BCUT2D eigenvalue weighted by molar-refractivity contribution is -0.118. The molecule has 1 fully saturated rings. The number of aryl methyl sites for hydroxylation is 1. The first kappa shape index (κ1) is 16.9. The lowest BCUT2D eigenvalue weighted by atomic mass is 9.61. The summed E-state index contributed by atoms with van der Waals surface area (Å²) in [7, 11) is 1.82. The monoisotopic (exact) mass is 328 g/mol. The molecule has 5 heteroatoms. The van der Waals surface area contributed by atoms with E-state index in [0.717, 1.165) is 23.6 Å². The average Bonchev–Trinajstić information content (AvgIpc) is 2.97. The second kappa shape index (κ2) is 6.91. The highest BCUT2D eigenvalue weighted by Gasteiger charge is 2.40. The van der Waals surface area contributed by atoms with Crippen LogP contribution in [0.25, 0.3) is 0 Å². The first-order valence-electron chi connectivity index (χ1n) is 8.95. The zero-order valence-electron chi connectivity index (χ0n) is 15.0. The van der Waals surface area contributed by atoms with Gasteiger partial charge in [0.15, 0.2) is 0 Å². The third-order valence-corrected chi connectivity index (χ3v) is 5.79. The molecule has 3 rings (SSSR count). The number of aromatic nitrogens is 3. The molecule has 1 saturated carbocycles. The SMILES string of the molecule is C=C(C(=O)NCc1cn(C)nn1)[C@@H]1CC[C@@H](C)[C@@H]2CCC(C)=C[C@@H]21. The van der Waals surface area contributed by atoms with Crippen LogP contribution in [0.3, 0.4) is 0 Å². The summed E-state index contributed by atoms with van der Waals surface area (Å²) in [5, 5.41) is 10.8. The van der Waals surface area contributed by atoms with Crippen LogP contribution in [0, 0.1) is 23.7 Å². The van der Waals surface area contributed by atoms with E-state index in [2.05, 4.69) is 42.1 Å². The Morgan fingerprint density at radius 3 is 2.92 bits per heavy atom. The number of amides is 1. The van der Waals surface area contributed by atoms with Crippen molar-refractivity contribution in [2.24, 2.45) is 30.7 Å². The van der Waals surface area contributed by atoms with Gasteiger partial charge in [0.1, 0.15) is 5.69 Å². The Kier molecular flexibility index (Phi) is 4.88. The van der Waals surface area contributed by atoms with E-state index < -0.39 is 0 Å². The van der Waals surface area contributed by atoms with Gasteiger partial charge in [-0.25, -0.2) is 0 Å². The minimum absolute atomic E-state index is 0.0458. The highest BCUT2D eigenvalue weighted by atomic mass is 16.1. The van der Waals surface area contributed by atoms with Crippen molar-refractivity contribution in [3.8, 4) is 0 Å². The van der Waals surface area contributed by atoms with Gasteiger partial charge in [-0.3, -0.25) is 9.48 Å². The first-order valence-corrected chi connectivity index (χ1v) is 8.95. The summed E-state index contributed by atoms with van der Waals surface area (Å²) in [4.78, 5) is 12.6. The number of hydrogen-bond donors (Lipinski definition) is 1. The fourth-order valence-corrected chi connectivity index (χ4v) is 4.39. The molecule has 1 amide bonds. The second-order valence-corrected chi connectivity index (χ2v) is 7.55. The van der Waals surface area contributed by atoms with Crippen LogP contribution >= 0.6 is 0 Å². The summed E-state index contributed by atoms with van der Waals surface area (Å²) in [6, 6.07) is 0. The minimum atomic E-state index is -0.0458. The third-order valence-electron chi connectivity index (χ3n) is 5.79. The molecule has 0 radical (unpaired) electrons. The predicted octanol–water partition coefficient (Wildman–Crippen LogP) is 3.01. The maximum Gasteiger partial charge on any atom is 0.247 e. The number of nitrogens with one attached hydrogen (secondary N) is 1. The normalized spacial score (nSPS) is 29.5. The van der Waals surface area contributed by atoms with E-state index in [1.165, 1.54) is 24.8 Å². The van der Waals surface area contributed by atoms with Gasteiger partial charge in [-0.15, -0.1) is 5.10 Å². The summed E-state index contributed by atoms with van der Waals surface area (Å²) in [6.07, 6.45) is 8.92. The van der Waals surface area contributed by atoms with Crippen LogP contribution in [0.1, 0.15) is 45.2 Å². The summed E-state index contributed by atoms with van der Waals surface area (Å²) in [5.74, 6) is 2.12. The number of rotatable bonds is 4. The van der Waals surface area contributed by atoms with Gasteiger partial charge >= 0.3 is 0 Å². The summed E-state index contributed by atoms with van der Waals surface area (Å²) in [6.45, 7) is 9.13.